The molecule has 3 aromatic rings. The van der Waals surface area contributed by atoms with Gasteiger partial charge in [0.2, 0.25) is 5.88 Å². The predicted molar refractivity (Wildman–Crippen MR) is 131 cm³/mol. The molecule has 1 aromatic heterocycles. The van der Waals surface area contributed by atoms with Crippen LogP contribution >= 0.6 is 0 Å². The van der Waals surface area contributed by atoms with Gasteiger partial charge < -0.3 is 4.74 Å². The van der Waals surface area contributed by atoms with Gasteiger partial charge >= 0.3 is 0 Å². The molecule has 5 heteroatoms. The monoisotopic (exact) mass is 443 g/mol. The van der Waals surface area contributed by atoms with Crippen molar-refractivity contribution in [2.75, 3.05) is 13.1 Å². The van der Waals surface area contributed by atoms with Gasteiger partial charge in [0.15, 0.2) is 0 Å². The van der Waals surface area contributed by atoms with Crippen LogP contribution in [0.1, 0.15) is 44.9 Å². The molecule has 0 amide bonds. The number of ether oxygens (including phenoxy) is 1. The van der Waals surface area contributed by atoms with Crippen molar-refractivity contribution in [2.24, 2.45) is 5.92 Å². The number of carbonyl (C=O) groups excluding carboxylic acids is 1. The van der Waals surface area contributed by atoms with E-state index in [-0.39, 0.29) is 11.5 Å². The molecule has 1 fully saturated rings. The molecule has 0 atom stereocenters. The Morgan fingerprint density at radius 1 is 0.970 bits per heavy atom. The lowest BCUT2D eigenvalue weighted by Crippen LogP contribution is -2.37. The molecule has 0 spiro atoms. The lowest BCUT2D eigenvalue weighted by molar-refractivity contribution is -0.123. The van der Waals surface area contributed by atoms with Crippen LogP contribution in [0.4, 0.5) is 0 Å². The lowest BCUT2D eigenvalue weighted by atomic mass is 9.87. The average molecular weight is 444 g/mol. The standard InChI is InChI=1S/C28H33N3O2/c1-28(2,3)33-27-25(29-15-16-30-27)20-31-17-13-22(14-18-31)26(32)19-23-11-7-8-12-24(23)21-9-5-4-6-10-21/h4-12,15-16,22H,13-14,17-20H2,1-3H3. The predicted octanol–water partition coefficient (Wildman–Crippen LogP) is 5.34. The maximum atomic E-state index is 13.2. The van der Waals surface area contributed by atoms with Gasteiger partial charge in [0, 0.05) is 31.3 Å². The normalized spacial score (nSPS) is 15.4. The van der Waals surface area contributed by atoms with E-state index >= 15 is 0 Å². The zero-order valence-corrected chi connectivity index (χ0v) is 19.8. The Hall–Kier alpha value is -3.05. The van der Waals surface area contributed by atoms with Crippen LogP contribution in [-0.4, -0.2) is 39.3 Å². The third kappa shape index (κ3) is 6.26. The smallest absolute Gasteiger partial charge is 0.237 e. The molecule has 0 aliphatic carbocycles. The van der Waals surface area contributed by atoms with Crippen LogP contribution < -0.4 is 4.74 Å². The molecule has 2 heterocycles. The third-order valence-electron chi connectivity index (χ3n) is 6.02. The van der Waals surface area contributed by atoms with E-state index < -0.39 is 0 Å². The second-order valence-electron chi connectivity index (χ2n) is 9.74. The van der Waals surface area contributed by atoms with E-state index in [1.165, 1.54) is 0 Å². The van der Waals surface area contributed by atoms with Crippen LogP contribution in [-0.2, 0) is 17.8 Å². The van der Waals surface area contributed by atoms with Crippen LogP contribution in [0.3, 0.4) is 0 Å². The van der Waals surface area contributed by atoms with Crippen molar-refractivity contribution >= 4 is 5.78 Å². The van der Waals surface area contributed by atoms with E-state index in [9.17, 15) is 4.79 Å². The third-order valence-corrected chi connectivity index (χ3v) is 6.02. The number of benzene rings is 2. The van der Waals surface area contributed by atoms with Crippen molar-refractivity contribution in [1.29, 1.82) is 0 Å². The molecule has 5 nitrogen and oxygen atoms in total. The molecule has 33 heavy (non-hydrogen) atoms. The quantitative estimate of drug-likeness (QED) is 0.493. The highest BCUT2D eigenvalue weighted by molar-refractivity contribution is 5.85. The Balaban J connectivity index is 1.36. The number of likely N-dealkylation sites (tertiary alicyclic amines) is 1. The molecule has 0 bridgehead atoms. The SMILES string of the molecule is CC(C)(C)Oc1nccnc1CN1CCC(C(=O)Cc2ccccc2-c2ccccc2)CC1. The van der Waals surface area contributed by atoms with E-state index in [0.717, 1.165) is 48.3 Å². The Kier molecular flexibility index (Phi) is 7.19. The summed E-state index contributed by atoms with van der Waals surface area (Å²) in [6, 6.07) is 18.6. The molecule has 0 saturated carbocycles. The number of carbonyl (C=O) groups is 1. The summed E-state index contributed by atoms with van der Waals surface area (Å²) < 4.78 is 5.99. The van der Waals surface area contributed by atoms with Crippen molar-refractivity contribution < 1.29 is 9.53 Å². The number of piperidine rings is 1. The summed E-state index contributed by atoms with van der Waals surface area (Å²) in [5, 5.41) is 0. The molecule has 1 saturated heterocycles. The van der Waals surface area contributed by atoms with E-state index in [4.69, 9.17) is 4.74 Å². The maximum absolute atomic E-state index is 13.2. The number of hydrogen-bond donors (Lipinski definition) is 0. The van der Waals surface area contributed by atoms with Crippen LogP contribution in [0.5, 0.6) is 5.88 Å². The highest BCUT2D eigenvalue weighted by atomic mass is 16.5. The minimum atomic E-state index is -0.319. The summed E-state index contributed by atoms with van der Waals surface area (Å²) in [6.45, 7) is 8.48. The molecular weight excluding hydrogens is 410 g/mol. The minimum Gasteiger partial charge on any atom is -0.471 e. The topological polar surface area (TPSA) is 55.3 Å². The first-order valence-corrected chi connectivity index (χ1v) is 11.8. The van der Waals surface area contributed by atoms with Gasteiger partial charge in [0.1, 0.15) is 17.1 Å². The summed E-state index contributed by atoms with van der Waals surface area (Å²) in [6.07, 6.45) is 5.63. The van der Waals surface area contributed by atoms with E-state index in [0.29, 0.717) is 24.6 Å². The zero-order chi connectivity index (χ0) is 23.3. The van der Waals surface area contributed by atoms with Crippen LogP contribution in [0.25, 0.3) is 11.1 Å². The average Bonchev–Trinajstić information content (AvgIpc) is 2.81. The van der Waals surface area contributed by atoms with Gasteiger partial charge in [0.05, 0.1) is 0 Å². The lowest BCUT2D eigenvalue weighted by Gasteiger charge is -2.31. The number of nitrogens with zero attached hydrogens (tertiary/aromatic N) is 3. The Labute approximate surface area is 196 Å². The number of ketones is 1. The number of Topliss-reactive ketones (excluding diaryl/α,β-unsaturated/α-hetero) is 1. The number of hydrogen-bond acceptors (Lipinski definition) is 5. The highest BCUT2D eigenvalue weighted by Gasteiger charge is 2.27. The first-order chi connectivity index (χ1) is 15.9. The van der Waals surface area contributed by atoms with E-state index in [2.05, 4.69) is 39.1 Å². The number of rotatable bonds is 7. The fourth-order valence-electron chi connectivity index (χ4n) is 4.37. The largest absolute Gasteiger partial charge is 0.471 e. The van der Waals surface area contributed by atoms with Gasteiger partial charge in [-0.1, -0.05) is 54.6 Å². The van der Waals surface area contributed by atoms with Crippen molar-refractivity contribution in [3.05, 3.63) is 78.2 Å². The van der Waals surface area contributed by atoms with Gasteiger partial charge in [-0.05, 0) is 63.4 Å². The highest BCUT2D eigenvalue weighted by Crippen LogP contribution is 2.27. The molecule has 0 unspecified atom stereocenters. The van der Waals surface area contributed by atoms with Gasteiger partial charge in [-0.2, -0.15) is 0 Å². The van der Waals surface area contributed by atoms with Crippen LogP contribution in [0.2, 0.25) is 0 Å². The summed E-state index contributed by atoms with van der Waals surface area (Å²) in [5.41, 5.74) is 3.96. The van der Waals surface area contributed by atoms with Crippen LogP contribution in [0, 0.1) is 5.92 Å². The Morgan fingerprint density at radius 2 is 1.64 bits per heavy atom. The van der Waals surface area contributed by atoms with E-state index in [1.54, 1.807) is 12.4 Å². The number of aromatic nitrogens is 2. The Morgan fingerprint density at radius 3 is 2.36 bits per heavy atom. The first kappa shape index (κ1) is 23.1. The molecule has 0 N–H and O–H groups in total. The van der Waals surface area contributed by atoms with Crippen molar-refractivity contribution in [3.8, 4) is 17.0 Å². The van der Waals surface area contributed by atoms with Gasteiger partial charge in [-0.15, -0.1) is 0 Å². The molecule has 172 valence electrons. The van der Waals surface area contributed by atoms with E-state index in [1.807, 2.05) is 51.1 Å². The van der Waals surface area contributed by atoms with Crippen molar-refractivity contribution in [3.63, 3.8) is 0 Å². The van der Waals surface area contributed by atoms with Gasteiger partial charge in [0.25, 0.3) is 0 Å². The zero-order valence-electron chi connectivity index (χ0n) is 19.8. The minimum absolute atomic E-state index is 0.109. The first-order valence-electron chi connectivity index (χ1n) is 11.8. The molecule has 1 aliphatic heterocycles. The van der Waals surface area contributed by atoms with Crippen molar-refractivity contribution in [2.45, 2.75) is 52.2 Å². The second-order valence-corrected chi connectivity index (χ2v) is 9.74. The van der Waals surface area contributed by atoms with Gasteiger partial charge in [-0.3, -0.25) is 14.7 Å². The van der Waals surface area contributed by atoms with Crippen LogP contribution in [0.15, 0.2) is 67.0 Å². The Bertz CT molecular complexity index is 1070. The molecule has 1 aliphatic rings. The van der Waals surface area contributed by atoms with Crippen molar-refractivity contribution in [1.82, 2.24) is 14.9 Å². The maximum Gasteiger partial charge on any atom is 0.237 e. The summed E-state index contributed by atoms with van der Waals surface area (Å²) in [7, 11) is 0. The summed E-state index contributed by atoms with van der Waals surface area (Å²) in [5.74, 6) is 1.05. The fraction of sp³-hybridized carbons (Fsp3) is 0.393. The second kappa shape index (κ2) is 10.3. The molecule has 0 radical (unpaired) electrons. The summed E-state index contributed by atoms with van der Waals surface area (Å²) >= 11 is 0. The summed E-state index contributed by atoms with van der Waals surface area (Å²) in [4.78, 5) is 24.4. The molecular formula is C28H33N3O2. The molecule has 2 aromatic carbocycles. The fourth-order valence-corrected chi connectivity index (χ4v) is 4.37. The van der Waals surface area contributed by atoms with Gasteiger partial charge in [-0.25, -0.2) is 4.98 Å². The molecule has 4 rings (SSSR count).